The van der Waals surface area contributed by atoms with Gasteiger partial charge in [0.1, 0.15) is 6.33 Å². The second kappa shape index (κ2) is 11.0. The van der Waals surface area contributed by atoms with Gasteiger partial charge in [0.2, 0.25) is 0 Å². The molecule has 0 aliphatic carbocycles. The number of halogens is 3. The molecule has 194 valence electrons. The van der Waals surface area contributed by atoms with E-state index in [-0.39, 0.29) is 16.3 Å². The van der Waals surface area contributed by atoms with Crippen LogP contribution in [0.1, 0.15) is 26.3 Å². The normalized spacial score (nSPS) is 15.6. The molecule has 1 N–H and O–H groups in total. The molecule has 1 aromatic heterocycles. The molecule has 3 aromatic rings. The number of hydrogen-bond acceptors (Lipinski definition) is 7. The highest BCUT2D eigenvalue weighted by molar-refractivity contribution is 9.10. The smallest absolute Gasteiger partial charge is 0.280 e. The summed E-state index contributed by atoms with van der Waals surface area (Å²) in [5.74, 6) is -0.0912. The number of benzene rings is 2. The second-order valence-corrected chi connectivity index (χ2v) is 12.9. The van der Waals surface area contributed by atoms with Gasteiger partial charge in [0.15, 0.2) is 9.84 Å². The molecule has 36 heavy (non-hydrogen) atoms. The fraction of sp³-hybridized carbons (Fsp3) is 0.417. The van der Waals surface area contributed by atoms with Gasteiger partial charge in [-0.2, -0.15) is 0 Å². The van der Waals surface area contributed by atoms with E-state index in [1.165, 1.54) is 24.5 Å². The number of nitrogens with one attached hydrogen (secondary N) is 1. The molecule has 1 aliphatic heterocycles. The van der Waals surface area contributed by atoms with Gasteiger partial charge in [-0.05, 0) is 38.1 Å². The average molecular weight is 617 g/mol. The Morgan fingerprint density at radius 2 is 1.83 bits per heavy atom. The van der Waals surface area contributed by atoms with Gasteiger partial charge < -0.3 is 0 Å². The zero-order chi connectivity index (χ0) is 26.2. The van der Waals surface area contributed by atoms with Crippen LogP contribution in [0.25, 0.3) is 10.9 Å². The molecule has 2 heterocycles. The van der Waals surface area contributed by atoms with Crippen molar-refractivity contribution in [2.24, 2.45) is 0 Å². The first-order valence-electron chi connectivity index (χ1n) is 11.7. The van der Waals surface area contributed by atoms with E-state index in [1.807, 2.05) is 0 Å². The van der Waals surface area contributed by atoms with Crippen molar-refractivity contribution in [2.45, 2.75) is 38.3 Å². The summed E-state index contributed by atoms with van der Waals surface area (Å²) in [5, 5.41) is 1.06. The fourth-order valence-electron chi connectivity index (χ4n) is 4.27. The minimum Gasteiger partial charge on any atom is -0.298 e. The molecule has 8 nitrogen and oxygen atoms in total. The van der Waals surface area contributed by atoms with Gasteiger partial charge >= 0.3 is 0 Å². The maximum Gasteiger partial charge on any atom is 0.280 e. The Kier molecular flexibility index (Phi) is 8.33. The summed E-state index contributed by atoms with van der Waals surface area (Å²) < 4.78 is 26.9. The van der Waals surface area contributed by atoms with Crippen molar-refractivity contribution in [1.29, 1.82) is 0 Å². The topological polar surface area (TPSA) is 87.5 Å². The highest BCUT2D eigenvalue weighted by Crippen LogP contribution is 2.32. The van der Waals surface area contributed by atoms with E-state index >= 15 is 0 Å². The van der Waals surface area contributed by atoms with Gasteiger partial charge in [-0.15, -0.1) is 0 Å². The molecule has 0 saturated carbocycles. The summed E-state index contributed by atoms with van der Waals surface area (Å²) in [5.41, 5.74) is 3.90. The molecule has 1 aliphatic rings. The van der Waals surface area contributed by atoms with Gasteiger partial charge in [-0.3, -0.25) is 20.0 Å². The molecule has 0 spiro atoms. The molecule has 0 amide bonds. The summed E-state index contributed by atoms with van der Waals surface area (Å²) in [7, 11) is -3.56. The highest BCUT2D eigenvalue weighted by atomic mass is 79.9. The lowest BCUT2D eigenvalue weighted by Gasteiger charge is -2.37. The Morgan fingerprint density at radius 1 is 1.14 bits per heavy atom. The quantitative estimate of drug-likeness (QED) is 0.413. The fourth-order valence-corrected chi connectivity index (χ4v) is 6.44. The van der Waals surface area contributed by atoms with Gasteiger partial charge in [0.25, 0.3) is 5.56 Å². The van der Waals surface area contributed by atoms with Crippen LogP contribution in [0.3, 0.4) is 0 Å². The Balaban J connectivity index is 1.67. The van der Waals surface area contributed by atoms with Crippen LogP contribution in [0.4, 0.5) is 5.69 Å². The number of hydrogen-bond donors (Lipinski definition) is 1. The number of fused-ring (bicyclic) bond motifs is 1. The largest absolute Gasteiger partial charge is 0.298 e. The van der Waals surface area contributed by atoms with Crippen LogP contribution < -0.4 is 11.0 Å². The van der Waals surface area contributed by atoms with Crippen molar-refractivity contribution in [3.05, 3.63) is 61.0 Å². The van der Waals surface area contributed by atoms with Crippen molar-refractivity contribution >= 4 is 65.6 Å². The van der Waals surface area contributed by atoms with Crippen molar-refractivity contribution < 1.29 is 8.42 Å². The van der Waals surface area contributed by atoms with Crippen molar-refractivity contribution in [1.82, 2.24) is 19.5 Å². The van der Waals surface area contributed by atoms with E-state index in [1.54, 1.807) is 13.0 Å². The monoisotopic (exact) mass is 615 g/mol. The number of rotatable bonds is 7. The third-order valence-electron chi connectivity index (χ3n) is 6.46. The number of piperazine rings is 1. The lowest BCUT2D eigenvalue weighted by atomic mass is 10.1. The average Bonchev–Trinajstić information content (AvgIpc) is 2.84. The number of anilines is 1. The predicted octanol–water partition coefficient (Wildman–Crippen LogP) is 4.66. The first-order chi connectivity index (χ1) is 17.0. The van der Waals surface area contributed by atoms with Crippen molar-refractivity contribution in [3.8, 4) is 0 Å². The maximum atomic E-state index is 13.3. The summed E-state index contributed by atoms with van der Waals surface area (Å²) in [6, 6.07) is 6.62. The molecular formula is C24H28BrCl2N5O3S. The van der Waals surface area contributed by atoms with Crippen LogP contribution in [0.15, 0.2) is 44.8 Å². The van der Waals surface area contributed by atoms with Crippen LogP contribution in [0.2, 0.25) is 10.0 Å². The second-order valence-electron chi connectivity index (χ2n) is 9.03. The van der Waals surface area contributed by atoms with Crippen LogP contribution in [0.5, 0.6) is 0 Å². The lowest BCUT2D eigenvalue weighted by molar-refractivity contribution is 0.104. The van der Waals surface area contributed by atoms with Crippen LogP contribution in [-0.4, -0.2) is 65.9 Å². The molecule has 1 fully saturated rings. The number of nitrogens with zero attached hydrogens (tertiary/aromatic N) is 4. The summed E-state index contributed by atoms with van der Waals surface area (Å²) >= 11 is 16.5. The minimum absolute atomic E-state index is 0.0496. The SMILES string of the molecule is CCS(=O)(=O)c1ccc(Cl)cc1Nn1cnc2c(Cl)c(CN3CCN(C(C)C)CC3)c(Br)cc2c1=O. The third kappa shape index (κ3) is 5.58. The zero-order valence-corrected chi connectivity index (χ0v) is 24.2. The van der Waals surface area contributed by atoms with E-state index in [0.29, 0.717) is 33.5 Å². The summed E-state index contributed by atoms with van der Waals surface area (Å²) in [6.45, 7) is 10.5. The molecule has 4 rings (SSSR count). The molecule has 12 heteroatoms. The van der Waals surface area contributed by atoms with E-state index in [4.69, 9.17) is 23.2 Å². The Bertz CT molecular complexity index is 1450. The minimum atomic E-state index is -3.56. The van der Waals surface area contributed by atoms with Gasteiger partial charge in [-0.25, -0.2) is 18.1 Å². The van der Waals surface area contributed by atoms with Crippen LogP contribution >= 0.6 is 39.1 Å². The Labute approximate surface area is 229 Å². The van der Waals surface area contributed by atoms with Gasteiger partial charge in [0, 0.05) is 53.8 Å². The van der Waals surface area contributed by atoms with Crippen LogP contribution in [-0.2, 0) is 16.4 Å². The first kappa shape index (κ1) is 27.3. The molecule has 0 atom stereocenters. The van der Waals surface area contributed by atoms with E-state index in [9.17, 15) is 13.2 Å². The first-order valence-corrected chi connectivity index (χ1v) is 14.9. The molecular weight excluding hydrogens is 589 g/mol. The standard InChI is InChI=1S/C24H28BrCl2N5O3S/c1-4-36(34,35)21-6-5-16(26)11-20(21)29-32-14-28-23-17(24(32)33)12-19(25)18(22(23)27)13-30-7-9-31(10-8-30)15(2)3/h5-6,11-12,14-15,29H,4,7-10,13H2,1-3H3. The molecule has 0 unspecified atom stereocenters. The summed E-state index contributed by atoms with van der Waals surface area (Å²) in [4.78, 5) is 22.6. The van der Waals surface area contributed by atoms with Crippen molar-refractivity contribution in [3.63, 3.8) is 0 Å². The Morgan fingerprint density at radius 3 is 2.47 bits per heavy atom. The van der Waals surface area contributed by atoms with Gasteiger partial charge in [0.05, 0.1) is 32.3 Å². The predicted molar refractivity (Wildman–Crippen MR) is 149 cm³/mol. The van der Waals surface area contributed by atoms with Crippen molar-refractivity contribution in [2.75, 3.05) is 37.4 Å². The van der Waals surface area contributed by atoms with E-state index in [0.717, 1.165) is 40.9 Å². The molecule has 2 aromatic carbocycles. The van der Waals surface area contributed by atoms with E-state index < -0.39 is 15.4 Å². The van der Waals surface area contributed by atoms with Crippen LogP contribution in [0, 0.1) is 0 Å². The molecule has 1 saturated heterocycles. The number of aromatic nitrogens is 2. The van der Waals surface area contributed by atoms with E-state index in [2.05, 4.69) is 50.0 Å². The molecule has 0 radical (unpaired) electrons. The van der Waals surface area contributed by atoms with Gasteiger partial charge in [-0.1, -0.05) is 46.1 Å². The number of sulfone groups is 1. The highest BCUT2D eigenvalue weighted by Gasteiger charge is 2.23. The third-order valence-corrected chi connectivity index (χ3v) is 9.59. The Hall–Kier alpha value is -1.69. The maximum absolute atomic E-state index is 13.3. The summed E-state index contributed by atoms with van der Waals surface area (Å²) in [6.07, 6.45) is 1.30. The molecule has 0 bridgehead atoms. The lowest BCUT2D eigenvalue weighted by Crippen LogP contribution is -2.48. The zero-order valence-electron chi connectivity index (χ0n) is 20.3.